The van der Waals surface area contributed by atoms with Gasteiger partial charge in [-0.2, -0.15) is 0 Å². The fourth-order valence-electron chi connectivity index (χ4n) is 6.38. The minimum Gasteiger partial charge on any atom is -0.506 e. The minimum atomic E-state index is -0.515. The molecule has 0 saturated carbocycles. The number of pyridine rings is 1. The van der Waals surface area contributed by atoms with Gasteiger partial charge in [-0.3, -0.25) is 14.7 Å². The van der Waals surface area contributed by atoms with E-state index in [0.717, 1.165) is 59.6 Å². The molecule has 1 unspecified atom stereocenters. The van der Waals surface area contributed by atoms with E-state index in [4.69, 9.17) is 9.72 Å². The molecule has 8 nitrogen and oxygen atoms in total. The topological polar surface area (TPSA) is 86.2 Å². The van der Waals surface area contributed by atoms with Crippen molar-refractivity contribution in [2.24, 2.45) is 0 Å². The van der Waals surface area contributed by atoms with Crippen molar-refractivity contribution in [3.05, 3.63) is 114 Å². The lowest BCUT2D eigenvalue weighted by molar-refractivity contribution is 0.00694. The van der Waals surface area contributed by atoms with Crippen LogP contribution in [-0.4, -0.2) is 77.6 Å². The van der Waals surface area contributed by atoms with Gasteiger partial charge >= 0.3 is 5.97 Å². The number of aromatic hydroxyl groups is 1. The van der Waals surface area contributed by atoms with Crippen molar-refractivity contribution in [1.29, 1.82) is 0 Å². The summed E-state index contributed by atoms with van der Waals surface area (Å²) in [6.07, 6.45) is 1.86. The number of carbonyl (C=O) groups is 2. The molecule has 0 radical (unpaired) electrons. The van der Waals surface area contributed by atoms with Crippen molar-refractivity contribution >= 4 is 28.3 Å². The molecule has 1 aliphatic heterocycles. The van der Waals surface area contributed by atoms with Crippen LogP contribution in [0.5, 0.6) is 5.75 Å². The highest BCUT2D eigenvalue weighted by atomic mass is 16.6. The van der Waals surface area contributed by atoms with Gasteiger partial charge < -0.3 is 19.6 Å². The Morgan fingerprint density at radius 1 is 0.837 bits per heavy atom. The van der Waals surface area contributed by atoms with E-state index in [-0.39, 0.29) is 29.2 Å². The second-order valence-electron chi connectivity index (χ2n) is 13.9. The number of ether oxygens (including phenoxy) is 1. The molecule has 0 bridgehead atoms. The number of piperazine rings is 1. The number of fused-ring (bicyclic) bond motifs is 1. The molecule has 1 atom stereocenters. The maximum Gasteiger partial charge on any atom is 0.338 e. The molecule has 6 rings (SSSR count). The summed E-state index contributed by atoms with van der Waals surface area (Å²) in [5.74, 6) is -0.575. The van der Waals surface area contributed by atoms with Crippen molar-refractivity contribution in [1.82, 2.24) is 14.8 Å². The van der Waals surface area contributed by atoms with Gasteiger partial charge in [0, 0.05) is 74.7 Å². The minimum absolute atomic E-state index is 0.0164. The number of hydrogen-bond acceptors (Lipinski definition) is 7. The number of benzene rings is 4. The first kappa shape index (κ1) is 33.7. The molecule has 4 aromatic carbocycles. The van der Waals surface area contributed by atoms with E-state index in [0.29, 0.717) is 10.9 Å². The van der Waals surface area contributed by atoms with E-state index in [1.165, 1.54) is 10.5 Å². The fraction of sp³-hybridized carbons (Fsp3) is 0.293. The van der Waals surface area contributed by atoms with Crippen LogP contribution in [0, 0.1) is 0 Å². The number of rotatable bonds is 7. The summed E-state index contributed by atoms with van der Waals surface area (Å²) in [4.78, 5) is 36.4. The average Bonchev–Trinajstić information content (AvgIpc) is 3.11. The summed E-state index contributed by atoms with van der Waals surface area (Å²) in [7, 11) is 3.35. The molecule has 0 spiro atoms. The number of phenols is 1. The molecular formula is C41H44N4O4. The summed E-state index contributed by atoms with van der Waals surface area (Å²) in [6.45, 7) is 11.6. The Bertz CT molecular complexity index is 1960. The van der Waals surface area contributed by atoms with Crippen LogP contribution in [0.1, 0.15) is 60.0 Å². The largest absolute Gasteiger partial charge is 0.506 e. The first-order valence-corrected chi connectivity index (χ1v) is 16.7. The number of nitrogens with zero attached hydrogens (tertiary/aromatic N) is 4. The van der Waals surface area contributed by atoms with Crippen LogP contribution in [0.25, 0.3) is 33.2 Å². The number of phenolic OH excluding ortho intramolecular Hbond substituents is 1. The van der Waals surface area contributed by atoms with E-state index in [2.05, 4.69) is 47.1 Å². The quantitative estimate of drug-likeness (QED) is 0.179. The van der Waals surface area contributed by atoms with Crippen LogP contribution < -0.4 is 4.90 Å². The fourth-order valence-corrected chi connectivity index (χ4v) is 6.38. The van der Waals surface area contributed by atoms with Crippen LogP contribution in [0.3, 0.4) is 0 Å². The molecule has 49 heavy (non-hydrogen) atoms. The van der Waals surface area contributed by atoms with Crippen molar-refractivity contribution in [2.75, 3.05) is 45.2 Å². The molecule has 1 N–H and O–H groups in total. The van der Waals surface area contributed by atoms with Crippen LogP contribution >= 0.6 is 0 Å². The molecule has 0 aliphatic carbocycles. The van der Waals surface area contributed by atoms with Crippen molar-refractivity contribution in [3.8, 4) is 28.1 Å². The number of amides is 1. The first-order chi connectivity index (χ1) is 23.4. The van der Waals surface area contributed by atoms with Crippen molar-refractivity contribution in [3.63, 3.8) is 0 Å². The number of anilines is 1. The zero-order valence-corrected chi connectivity index (χ0v) is 29.1. The van der Waals surface area contributed by atoms with Crippen molar-refractivity contribution < 1.29 is 19.4 Å². The molecule has 2 heterocycles. The third-order valence-electron chi connectivity index (χ3n) is 9.15. The maximum atomic E-state index is 12.9. The molecule has 8 heteroatoms. The van der Waals surface area contributed by atoms with Gasteiger partial charge in [0.15, 0.2) is 0 Å². The van der Waals surface area contributed by atoms with Crippen LogP contribution in [0.4, 0.5) is 5.69 Å². The van der Waals surface area contributed by atoms with E-state index in [1.807, 2.05) is 81.6 Å². The van der Waals surface area contributed by atoms with Gasteiger partial charge in [0.1, 0.15) is 11.4 Å². The Hall–Kier alpha value is -5.21. The van der Waals surface area contributed by atoms with Gasteiger partial charge in [-0.05, 0) is 80.6 Å². The number of hydrogen-bond donors (Lipinski definition) is 1. The molecule has 1 aliphatic rings. The van der Waals surface area contributed by atoms with E-state index in [9.17, 15) is 14.7 Å². The summed E-state index contributed by atoms with van der Waals surface area (Å²) in [5, 5.41) is 12.4. The van der Waals surface area contributed by atoms with E-state index in [1.54, 1.807) is 20.2 Å². The average molecular weight is 657 g/mol. The molecule has 1 amide bonds. The number of aromatic nitrogens is 1. The van der Waals surface area contributed by atoms with Gasteiger partial charge in [-0.25, -0.2) is 4.79 Å². The van der Waals surface area contributed by atoms with Gasteiger partial charge in [0.2, 0.25) is 0 Å². The number of esters is 1. The monoisotopic (exact) mass is 656 g/mol. The van der Waals surface area contributed by atoms with Gasteiger partial charge in [0.25, 0.3) is 5.91 Å². The summed E-state index contributed by atoms with van der Waals surface area (Å²) in [5.41, 5.74) is 6.29. The predicted octanol–water partition coefficient (Wildman–Crippen LogP) is 7.81. The van der Waals surface area contributed by atoms with E-state index < -0.39 is 5.60 Å². The lowest BCUT2D eigenvalue weighted by atomic mass is 9.96. The Morgan fingerprint density at radius 2 is 1.47 bits per heavy atom. The summed E-state index contributed by atoms with van der Waals surface area (Å²) < 4.78 is 5.50. The molecule has 252 valence electrons. The van der Waals surface area contributed by atoms with Crippen molar-refractivity contribution in [2.45, 2.75) is 39.3 Å². The second kappa shape index (κ2) is 13.7. The second-order valence-corrected chi connectivity index (χ2v) is 13.9. The van der Waals surface area contributed by atoms with Crippen LogP contribution in [0.2, 0.25) is 0 Å². The molecule has 1 saturated heterocycles. The Balaban J connectivity index is 1.11. The Kier molecular flexibility index (Phi) is 9.43. The van der Waals surface area contributed by atoms with Gasteiger partial charge in [-0.1, -0.05) is 54.6 Å². The van der Waals surface area contributed by atoms with Gasteiger partial charge in [-0.15, -0.1) is 0 Å². The highest BCUT2D eigenvalue weighted by Crippen LogP contribution is 2.37. The van der Waals surface area contributed by atoms with Gasteiger partial charge in [0.05, 0.1) is 16.8 Å². The SMILES string of the molecule is CC(c1ccc(-c2ccc(-c3cc(C(=O)N(C)C)c(O)c4ccccc34)nc2)cc1)N1CCN(c2ccc(C(=O)OC(C)(C)C)cc2)CC1. The lowest BCUT2D eigenvalue weighted by Gasteiger charge is -2.39. The zero-order chi connectivity index (χ0) is 34.9. The summed E-state index contributed by atoms with van der Waals surface area (Å²) in [6, 6.07) is 30.0. The highest BCUT2D eigenvalue weighted by molar-refractivity contribution is 6.08. The molecular weight excluding hydrogens is 612 g/mol. The maximum absolute atomic E-state index is 12.9. The lowest BCUT2D eigenvalue weighted by Crippen LogP contribution is -2.47. The van der Waals surface area contributed by atoms with Crippen LogP contribution in [0.15, 0.2) is 97.2 Å². The van der Waals surface area contributed by atoms with E-state index >= 15 is 0 Å². The molecule has 1 aromatic heterocycles. The predicted molar refractivity (Wildman–Crippen MR) is 196 cm³/mol. The summed E-state index contributed by atoms with van der Waals surface area (Å²) >= 11 is 0. The smallest absolute Gasteiger partial charge is 0.338 e. The normalized spacial score (nSPS) is 14.4. The Labute approximate surface area is 288 Å². The van der Waals surface area contributed by atoms with Crippen LogP contribution in [-0.2, 0) is 4.74 Å². The Morgan fingerprint density at radius 3 is 2.06 bits per heavy atom. The standard InChI is InChI=1S/C41H44N4O4/c1-27(44-21-23-45(24-22-44)32-18-15-30(16-19-32)40(48)49-41(2,3)4)28-11-13-29(14-12-28)31-17-20-37(42-26-31)35-25-36(39(47)43(5)6)38(46)34-10-8-7-9-33(34)35/h7-20,25-27,46H,21-24H2,1-6H3. The third kappa shape index (κ3) is 7.29. The molecule has 1 fully saturated rings. The zero-order valence-electron chi connectivity index (χ0n) is 29.1. The first-order valence-electron chi connectivity index (χ1n) is 16.7. The number of carbonyl (C=O) groups excluding carboxylic acids is 2. The molecule has 5 aromatic rings. The third-order valence-corrected chi connectivity index (χ3v) is 9.15. The highest BCUT2D eigenvalue weighted by Gasteiger charge is 2.24.